The lowest BCUT2D eigenvalue weighted by atomic mass is 9.74. The first-order valence-corrected chi connectivity index (χ1v) is 5.83. The zero-order chi connectivity index (χ0) is 11.1. The van der Waals surface area contributed by atoms with Crippen LogP contribution in [-0.4, -0.2) is 36.5 Å². The highest BCUT2D eigenvalue weighted by Crippen LogP contribution is 2.51. The summed E-state index contributed by atoms with van der Waals surface area (Å²) in [6, 6.07) is -0.300. The van der Waals surface area contributed by atoms with Gasteiger partial charge < -0.3 is 10.6 Å². The average molecular weight is 218 g/mol. The lowest BCUT2D eigenvalue weighted by Crippen LogP contribution is -2.46. The summed E-state index contributed by atoms with van der Waals surface area (Å²) in [6.45, 7) is 4.99. The molecule has 2 N–H and O–H groups in total. The molecule has 1 aliphatic heterocycles. The van der Waals surface area contributed by atoms with Gasteiger partial charge in [-0.05, 0) is 37.9 Å². The van der Waals surface area contributed by atoms with E-state index < -0.39 is 5.92 Å². The number of alkyl halides is 2. The van der Waals surface area contributed by atoms with Crippen molar-refractivity contribution in [3.8, 4) is 0 Å². The molecule has 0 aromatic rings. The number of hydrogen-bond donors (Lipinski definition) is 1. The van der Waals surface area contributed by atoms with Crippen molar-refractivity contribution in [3.05, 3.63) is 0 Å². The number of rotatable bonds is 1. The van der Waals surface area contributed by atoms with Crippen molar-refractivity contribution in [2.75, 3.05) is 19.6 Å². The van der Waals surface area contributed by atoms with Crippen LogP contribution in [0.1, 0.15) is 32.6 Å². The van der Waals surface area contributed by atoms with E-state index in [0.29, 0.717) is 0 Å². The highest BCUT2D eigenvalue weighted by atomic mass is 19.3. The van der Waals surface area contributed by atoms with Gasteiger partial charge in [0.25, 0.3) is 0 Å². The van der Waals surface area contributed by atoms with Crippen LogP contribution in [0.2, 0.25) is 0 Å². The van der Waals surface area contributed by atoms with Gasteiger partial charge in [-0.25, -0.2) is 8.78 Å². The van der Waals surface area contributed by atoms with Crippen molar-refractivity contribution in [1.82, 2.24) is 4.90 Å². The summed E-state index contributed by atoms with van der Waals surface area (Å²) >= 11 is 0. The van der Waals surface area contributed by atoms with Crippen LogP contribution in [0.25, 0.3) is 0 Å². The molecule has 1 spiro atoms. The molecule has 0 aromatic carbocycles. The molecule has 88 valence electrons. The molecule has 1 atom stereocenters. The van der Waals surface area contributed by atoms with Crippen LogP contribution in [0.3, 0.4) is 0 Å². The third-order valence-corrected chi connectivity index (χ3v) is 4.21. The standard InChI is InChI=1S/C11H20F2N2/c1-2-15-5-3-10(4-6-15)8-11(12,13)7-9(10)14/h9H,2-8,14H2,1H3/t9-/m0/s1. The smallest absolute Gasteiger partial charge is 0.250 e. The van der Waals surface area contributed by atoms with E-state index in [1.807, 2.05) is 0 Å². The second-order valence-corrected chi connectivity index (χ2v) is 5.14. The second kappa shape index (κ2) is 3.67. The Morgan fingerprint density at radius 2 is 1.93 bits per heavy atom. The van der Waals surface area contributed by atoms with E-state index in [4.69, 9.17) is 5.73 Å². The Morgan fingerprint density at radius 1 is 1.33 bits per heavy atom. The van der Waals surface area contributed by atoms with Crippen LogP contribution in [0.4, 0.5) is 8.78 Å². The molecule has 1 aliphatic carbocycles. The minimum atomic E-state index is -2.52. The molecule has 0 radical (unpaired) electrons. The van der Waals surface area contributed by atoms with Gasteiger partial charge in [0, 0.05) is 18.9 Å². The molecule has 1 saturated carbocycles. The summed E-state index contributed by atoms with van der Waals surface area (Å²) in [5.74, 6) is -2.52. The molecule has 0 unspecified atom stereocenters. The summed E-state index contributed by atoms with van der Waals surface area (Å²) in [5.41, 5.74) is 5.64. The van der Waals surface area contributed by atoms with E-state index in [1.165, 1.54) is 0 Å². The Hall–Kier alpha value is -0.220. The van der Waals surface area contributed by atoms with Gasteiger partial charge in [-0.3, -0.25) is 0 Å². The summed E-state index contributed by atoms with van der Waals surface area (Å²) in [6.07, 6.45) is 1.59. The second-order valence-electron chi connectivity index (χ2n) is 5.14. The number of hydrogen-bond acceptors (Lipinski definition) is 2. The largest absolute Gasteiger partial charge is 0.327 e. The topological polar surface area (TPSA) is 29.3 Å². The van der Waals surface area contributed by atoms with Crippen molar-refractivity contribution in [2.45, 2.75) is 44.6 Å². The van der Waals surface area contributed by atoms with Crippen molar-refractivity contribution in [1.29, 1.82) is 0 Å². The third-order valence-electron chi connectivity index (χ3n) is 4.21. The number of likely N-dealkylation sites (tertiary alicyclic amines) is 1. The molecular formula is C11H20F2N2. The van der Waals surface area contributed by atoms with Gasteiger partial charge in [-0.15, -0.1) is 0 Å². The quantitative estimate of drug-likeness (QED) is 0.727. The zero-order valence-corrected chi connectivity index (χ0v) is 9.31. The SMILES string of the molecule is CCN1CCC2(CC1)CC(F)(F)C[C@@H]2N. The van der Waals surface area contributed by atoms with Crippen molar-refractivity contribution in [2.24, 2.45) is 11.1 Å². The van der Waals surface area contributed by atoms with E-state index >= 15 is 0 Å². The third kappa shape index (κ3) is 2.02. The Bertz CT molecular complexity index is 235. The van der Waals surface area contributed by atoms with Gasteiger partial charge in [0.15, 0.2) is 0 Å². The first kappa shape index (κ1) is 11.3. The summed E-state index contributed by atoms with van der Waals surface area (Å²) < 4.78 is 26.6. The normalized spacial score (nSPS) is 34.8. The first-order valence-electron chi connectivity index (χ1n) is 5.83. The van der Waals surface area contributed by atoms with E-state index in [0.717, 1.165) is 32.5 Å². The molecule has 2 aliphatic rings. The highest BCUT2D eigenvalue weighted by molar-refractivity contribution is 5.04. The van der Waals surface area contributed by atoms with Crippen LogP contribution < -0.4 is 5.73 Å². The Labute approximate surface area is 89.8 Å². The molecule has 1 heterocycles. The molecule has 2 fully saturated rings. The lowest BCUT2D eigenvalue weighted by Gasteiger charge is -2.41. The zero-order valence-electron chi connectivity index (χ0n) is 9.31. The van der Waals surface area contributed by atoms with Gasteiger partial charge in [0.05, 0.1) is 0 Å². The van der Waals surface area contributed by atoms with Crippen molar-refractivity contribution >= 4 is 0 Å². The summed E-state index contributed by atoms with van der Waals surface area (Å²) in [5, 5.41) is 0. The Morgan fingerprint density at radius 3 is 2.33 bits per heavy atom. The van der Waals surface area contributed by atoms with E-state index in [2.05, 4.69) is 11.8 Å². The summed E-state index contributed by atoms with van der Waals surface area (Å²) in [7, 11) is 0. The first-order chi connectivity index (χ1) is 6.97. The molecule has 4 heteroatoms. The minimum Gasteiger partial charge on any atom is -0.327 e. The van der Waals surface area contributed by atoms with Gasteiger partial charge in [0.2, 0.25) is 5.92 Å². The fraction of sp³-hybridized carbons (Fsp3) is 1.00. The van der Waals surface area contributed by atoms with Crippen LogP contribution in [-0.2, 0) is 0 Å². The van der Waals surface area contributed by atoms with E-state index in [9.17, 15) is 8.78 Å². The van der Waals surface area contributed by atoms with Gasteiger partial charge >= 0.3 is 0 Å². The maximum absolute atomic E-state index is 13.3. The molecular weight excluding hydrogens is 198 g/mol. The maximum Gasteiger partial charge on any atom is 0.250 e. The molecule has 1 saturated heterocycles. The number of nitrogens with two attached hydrogens (primary N) is 1. The Balaban J connectivity index is 2.04. The average Bonchev–Trinajstić information content (AvgIpc) is 2.38. The minimum absolute atomic E-state index is 0.0126. The van der Waals surface area contributed by atoms with Crippen molar-refractivity contribution in [3.63, 3.8) is 0 Å². The molecule has 2 nitrogen and oxygen atoms in total. The predicted octanol–water partition coefficient (Wildman–Crippen LogP) is 1.84. The molecule has 0 aromatic heterocycles. The van der Waals surface area contributed by atoms with Gasteiger partial charge in [-0.2, -0.15) is 0 Å². The Kier molecular flexibility index (Phi) is 2.75. The van der Waals surface area contributed by atoms with Gasteiger partial charge in [0.1, 0.15) is 0 Å². The van der Waals surface area contributed by atoms with Crippen LogP contribution >= 0.6 is 0 Å². The molecule has 15 heavy (non-hydrogen) atoms. The predicted molar refractivity (Wildman–Crippen MR) is 55.9 cm³/mol. The highest BCUT2D eigenvalue weighted by Gasteiger charge is 2.54. The number of piperidine rings is 1. The van der Waals surface area contributed by atoms with Crippen LogP contribution in [0.15, 0.2) is 0 Å². The van der Waals surface area contributed by atoms with Crippen molar-refractivity contribution < 1.29 is 8.78 Å². The number of nitrogens with zero attached hydrogens (tertiary/aromatic N) is 1. The van der Waals surface area contributed by atoms with Crippen LogP contribution in [0, 0.1) is 5.41 Å². The van der Waals surface area contributed by atoms with Crippen LogP contribution in [0.5, 0.6) is 0 Å². The number of halogens is 2. The lowest BCUT2D eigenvalue weighted by molar-refractivity contribution is -0.0131. The maximum atomic E-state index is 13.3. The summed E-state index contributed by atoms with van der Waals surface area (Å²) in [4.78, 5) is 2.31. The molecule has 0 bridgehead atoms. The monoisotopic (exact) mass is 218 g/mol. The molecule has 2 rings (SSSR count). The van der Waals surface area contributed by atoms with E-state index in [-0.39, 0.29) is 24.3 Å². The molecule has 0 amide bonds. The van der Waals surface area contributed by atoms with E-state index in [1.54, 1.807) is 0 Å². The van der Waals surface area contributed by atoms with Gasteiger partial charge in [-0.1, -0.05) is 6.92 Å². The fourth-order valence-corrected chi connectivity index (χ4v) is 3.12. The fourth-order valence-electron chi connectivity index (χ4n) is 3.12.